The lowest BCUT2D eigenvalue weighted by atomic mass is 9.97. The molecule has 4 heteroatoms. The maximum absolute atomic E-state index is 5.77. The molecule has 0 saturated heterocycles. The largest absolute Gasteiger partial charge is 0.273 e. The minimum Gasteiger partial charge on any atom is -0.273 e. The van der Waals surface area contributed by atoms with Gasteiger partial charge in [0.15, 0.2) is 0 Å². The van der Waals surface area contributed by atoms with E-state index in [1.165, 1.54) is 10.8 Å². The average molecular weight is 266 g/mol. The fraction of sp³-hybridized carbons (Fsp3) is 0.188. The average Bonchev–Trinajstić information content (AvgIpc) is 2.80. The van der Waals surface area contributed by atoms with Gasteiger partial charge in [-0.1, -0.05) is 36.4 Å². The lowest BCUT2D eigenvalue weighted by Crippen LogP contribution is -2.29. The van der Waals surface area contributed by atoms with Crippen molar-refractivity contribution >= 4 is 10.8 Å². The Bertz CT molecular complexity index is 745. The molecule has 0 aliphatic rings. The molecular formula is C16H18N4. The molecule has 2 aromatic carbocycles. The SMILES string of the molecule is Cc1c(C(NN)c2ccc3ccccc3c2)cnn1C. The summed E-state index contributed by atoms with van der Waals surface area (Å²) in [6.07, 6.45) is 1.87. The molecule has 0 fully saturated rings. The van der Waals surface area contributed by atoms with Crippen LogP contribution in [0, 0.1) is 6.92 Å². The van der Waals surface area contributed by atoms with Crippen molar-refractivity contribution in [2.75, 3.05) is 0 Å². The molecule has 0 radical (unpaired) electrons. The third-order valence-corrected chi connectivity index (χ3v) is 3.86. The molecule has 3 N–H and O–H groups in total. The first-order valence-corrected chi connectivity index (χ1v) is 6.64. The molecule has 1 unspecified atom stereocenters. The Labute approximate surface area is 118 Å². The number of aryl methyl sites for hydroxylation is 1. The Morgan fingerprint density at radius 2 is 1.90 bits per heavy atom. The summed E-state index contributed by atoms with van der Waals surface area (Å²) in [5, 5.41) is 6.74. The third kappa shape index (κ3) is 2.09. The number of hydrogen-bond donors (Lipinski definition) is 2. The van der Waals surface area contributed by atoms with Gasteiger partial charge in [0.1, 0.15) is 0 Å². The summed E-state index contributed by atoms with van der Waals surface area (Å²) in [6.45, 7) is 2.05. The molecule has 0 aliphatic heterocycles. The van der Waals surface area contributed by atoms with Gasteiger partial charge in [-0.2, -0.15) is 5.10 Å². The van der Waals surface area contributed by atoms with Crippen LogP contribution in [0.2, 0.25) is 0 Å². The van der Waals surface area contributed by atoms with Gasteiger partial charge in [-0.25, -0.2) is 5.43 Å². The highest BCUT2D eigenvalue weighted by atomic mass is 15.3. The Kier molecular flexibility index (Phi) is 3.26. The van der Waals surface area contributed by atoms with Crippen LogP contribution in [0.5, 0.6) is 0 Å². The molecule has 102 valence electrons. The topological polar surface area (TPSA) is 55.9 Å². The molecule has 0 saturated carbocycles. The van der Waals surface area contributed by atoms with Crippen molar-refractivity contribution in [3.05, 3.63) is 65.5 Å². The molecule has 0 amide bonds. The summed E-state index contributed by atoms with van der Waals surface area (Å²) in [5.74, 6) is 5.77. The molecular weight excluding hydrogens is 248 g/mol. The summed E-state index contributed by atoms with van der Waals surface area (Å²) in [4.78, 5) is 0. The summed E-state index contributed by atoms with van der Waals surface area (Å²) in [6, 6.07) is 14.7. The monoisotopic (exact) mass is 266 g/mol. The lowest BCUT2D eigenvalue weighted by molar-refractivity contribution is 0.631. The van der Waals surface area contributed by atoms with Gasteiger partial charge in [0, 0.05) is 18.3 Å². The van der Waals surface area contributed by atoms with Gasteiger partial charge in [-0.05, 0) is 29.3 Å². The van der Waals surface area contributed by atoms with E-state index in [9.17, 15) is 0 Å². The van der Waals surface area contributed by atoms with E-state index in [0.717, 1.165) is 16.8 Å². The van der Waals surface area contributed by atoms with E-state index >= 15 is 0 Å². The zero-order valence-electron chi connectivity index (χ0n) is 11.7. The van der Waals surface area contributed by atoms with Gasteiger partial charge in [0.05, 0.1) is 12.2 Å². The van der Waals surface area contributed by atoms with Crippen LogP contribution in [-0.2, 0) is 7.05 Å². The predicted octanol–water partition coefficient (Wildman–Crippen LogP) is 2.43. The van der Waals surface area contributed by atoms with E-state index in [1.807, 2.05) is 37.0 Å². The number of aromatic nitrogens is 2. The second-order valence-corrected chi connectivity index (χ2v) is 5.02. The summed E-state index contributed by atoms with van der Waals surface area (Å²) in [7, 11) is 1.94. The van der Waals surface area contributed by atoms with Crippen LogP contribution in [-0.4, -0.2) is 9.78 Å². The Balaban J connectivity index is 2.09. The van der Waals surface area contributed by atoms with Gasteiger partial charge in [-0.3, -0.25) is 10.5 Å². The summed E-state index contributed by atoms with van der Waals surface area (Å²) in [5.41, 5.74) is 6.26. The highest BCUT2D eigenvalue weighted by Crippen LogP contribution is 2.26. The fourth-order valence-corrected chi connectivity index (χ4v) is 2.55. The molecule has 1 heterocycles. The van der Waals surface area contributed by atoms with E-state index in [0.29, 0.717) is 0 Å². The summed E-state index contributed by atoms with van der Waals surface area (Å²) >= 11 is 0. The van der Waals surface area contributed by atoms with E-state index in [4.69, 9.17) is 5.84 Å². The maximum Gasteiger partial charge on any atom is 0.0743 e. The summed E-state index contributed by atoms with van der Waals surface area (Å²) < 4.78 is 1.86. The number of benzene rings is 2. The van der Waals surface area contributed by atoms with Crippen molar-refractivity contribution in [1.29, 1.82) is 0 Å². The number of nitrogens with one attached hydrogen (secondary N) is 1. The van der Waals surface area contributed by atoms with Crippen LogP contribution < -0.4 is 11.3 Å². The quantitative estimate of drug-likeness (QED) is 0.565. The van der Waals surface area contributed by atoms with Crippen LogP contribution in [0.1, 0.15) is 22.9 Å². The molecule has 20 heavy (non-hydrogen) atoms. The zero-order valence-corrected chi connectivity index (χ0v) is 11.7. The minimum atomic E-state index is -0.0479. The van der Waals surface area contributed by atoms with Crippen molar-refractivity contribution in [3.8, 4) is 0 Å². The molecule has 1 aromatic heterocycles. The molecule has 3 rings (SSSR count). The third-order valence-electron chi connectivity index (χ3n) is 3.86. The van der Waals surface area contributed by atoms with Crippen molar-refractivity contribution < 1.29 is 0 Å². The zero-order chi connectivity index (χ0) is 14.1. The molecule has 3 aromatic rings. The van der Waals surface area contributed by atoms with Crippen LogP contribution >= 0.6 is 0 Å². The van der Waals surface area contributed by atoms with Gasteiger partial charge < -0.3 is 0 Å². The van der Waals surface area contributed by atoms with E-state index in [1.54, 1.807) is 0 Å². The van der Waals surface area contributed by atoms with Crippen molar-refractivity contribution in [2.45, 2.75) is 13.0 Å². The second-order valence-electron chi connectivity index (χ2n) is 5.02. The molecule has 0 aliphatic carbocycles. The van der Waals surface area contributed by atoms with Crippen molar-refractivity contribution in [1.82, 2.24) is 15.2 Å². The lowest BCUT2D eigenvalue weighted by Gasteiger charge is -2.17. The first-order chi connectivity index (χ1) is 9.70. The normalized spacial score (nSPS) is 12.8. The van der Waals surface area contributed by atoms with Crippen molar-refractivity contribution in [3.63, 3.8) is 0 Å². The highest BCUT2D eigenvalue weighted by Gasteiger charge is 2.17. The molecule has 0 spiro atoms. The van der Waals surface area contributed by atoms with E-state index < -0.39 is 0 Å². The maximum atomic E-state index is 5.77. The molecule has 4 nitrogen and oxygen atoms in total. The Morgan fingerprint density at radius 3 is 2.55 bits per heavy atom. The van der Waals surface area contributed by atoms with Gasteiger partial charge in [-0.15, -0.1) is 0 Å². The first-order valence-electron chi connectivity index (χ1n) is 6.64. The van der Waals surface area contributed by atoms with Crippen LogP contribution in [0.25, 0.3) is 10.8 Å². The molecule has 1 atom stereocenters. The second kappa shape index (κ2) is 5.07. The Morgan fingerprint density at radius 1 is 1.15 bits per heavy atom. The number of rotatable bonds is 3. The highest BCUT2D eigenvalue weighted by molar-refractivity contribution is 5.83. The smallest absolute Gasteiger partial charge is 0.0743 e. The standard InChI is InChI=1S/C16H18N4/c1-11-15(10-18-20(11)2)16(19-17)14-8-7-12-5-3-4-6-13(12)9-14/h3-10,16,19H,17H2,1-2H3. The van der Waals surface area contributed by atoms with E-state index in [-0.39, 0.29) is 6.04 Å². The number of hydrazine groups is 1. The van der Waals surface area contributed by atoms with Gasteiger partial charge in [0.2, 0.25) is 0 Å². The molecule has 0 bridgehead atoms. The van der Waals surface area contributed by atoms with Crippen LogP contribution in [0.4, 0.5) is 0 Å². The Hall–Kier alpha value is -2.17. The fourth-order valence-electron chi connectivity index (χ4n) is 2.55. The van der Waals surface area contributed by atoms with Gasteiger partial charge in [0.25, 0.3) is 0 Å². The number of nitrogens with zero attached hydrogens (tertiary/aromatic N) is 2. The van der Waals surface area contributed by atoms with Crippen LogP contribution in [0.3, 0.4) is 0 Å². The number of hydrogen-bond acceptors (Lipinski definition) is 3. The van der Waals surface area contributed by atoms with Crippen LogP contribution in [0.15, 0.2) is 48.7 Å². The number of fused-ring (bicyclic) bond motifs is 1. The van der Waals surface area contributed by atoms with Crippen molar-refractivity contribution in [2.24, 2.45) is 12.9 Å². The predicted molar refractivity (Wildman–Crippen MR) is 81.1 cm³/mol. The van der Waals surface area contributed by atoms with Gasteiger partial charge >= 0.3 is 0 Å². The van der Waals surface area contributed by atoms with E-state index in [2.05, 4.69) is 40.9 Å². The first kappa shape index (κ1) is 12.8. The minimum absolute atomic E-state index is 0.0479. The number of nitrogens with two attached hydrogens (primary N) is 1.